The summed E-state index contributed by atoms with van der Waals surface area (Å²) in [4.78, 5) is 31.8. The van der Waals surface area contributed by atoms with E-state index < -0.39 is 23.5 Å². The zero-order chi connectivity index (χ0) is 24.9. The van der Waals surface area contributed by atoms with E-state index in [0.717, 1.165) is 5.56 Å². The molecule has 1 unspecified atom stereocenters. The summed E-state index contributed by atoms with van der Waals surface area (Å²) in [7, 11) is 0. The van der Waals surface area contributed by atoms with Crippen LogP contribution in [0.3, 0.4) is 0 Å². The second-order valence-corrected chi connectivity index (χ2v) is 7.87. The van der Waals surface area contributed by atoms with Gasteiger partial charge in [-0.05, 0) is 67.4 Å². The number of halogens is 1. The number of ketones is 1. The number of aliphatic hydroxyl groups is 1. The van der Waals surface area contributed by atoms with E-state index in [9.17, 15) is 19.1 Å². The lowest BCUT2D eigenvalue weighted by Crippen LogP contribution is -2.29. The van der Waals surface area contributed by atoms with Crippen molar-refractivity contribution in [1.29, 1.82) is 0 Å². The molecule has 3 aromatic rings. The van der Waals surface area contributed by atoms with E-state index in [0.29, 0.717) is 30.3 Å². The highest BCUT2D eigenvalue weighted by Crippen LogP contribution is 2.42. The normalized spacial score (nSPS) is 17.0. The Balaban J connectivity index is 1.88. The van der Waals surface area contributed by atoms with E-state index in [2.05, 4.69) is 4.98 Å². The minimum Gasteiger partial charge on any atom is -0.507 e. The molecule has 1 aliphatic rings. The average molecular weight is 477 g/mol. The third-order valence-electron chi connectivity index (χ3n) is 5.62. The zero-order valence-electron chi connectivity index (χ0n) is 19.4. The van der Waals surface area contributed by atoms with Gasteiger partial charge in [-0.1, -0.05) is 12.1 Å². The van der Waals surface area contributed by atoms with E-state index in [1.165, 1.54) is 29.2 Å². The minimum absolute atomic E-state index is 0.0860. The fourth-order valence-corrected chi connectivity index (χ4v) is 4.08. The topological polar surface area (TPSA) is 89.0 Å². The molecule has 1 atom stereocenters. The lowest BCUT2D eigenvalue weighted by atomic mass is 9.95. The number of likely N-dealkylation sites (tertiary alicyclic amines) is 1. The van der Waals surface area contributed by atoms with Crippen molar-refractivity contribution < 1.29 is 28.6 Å². The zero-order valence-corrected chi connectivity index (χ0v) is 19.4. The SMILES string of the molecule is CCOc1ccc(C2/C(=C(\O)c3ccc(F)cc3)C(=O)C(=O)N2Cc2cccnc2)cc1OCC. The van der Waals surface area contributed by atoms with Crippen molar-refractivity contribution in [3.05, 3.63) is 95.1 Å². The van der Waals surface area contributed by atoms with Crippen molar-refractivity contribution >= 4 is 17.4 Å². The van der Waals surface area contributed by atoms with Crippen molar-refractivity contribution in [2.45, 2.75) is 26.4 Å². The van der Waals surface area contributed by atoms with Gasteiger partial charge in [0.05, 0.1) is 24.8 Å². The van der Waals surface area contributed by atoms with E-state index in [1.807, 2.05) is 13.8 Å². The molecule has 1 amide bonds. The first-order valence-electron chi connectivity index (χ1n) is 11.3. The van der Waals surface area contributed by atoms with Crippen LogP contribution in [0.2, 0.25) is 0 Å². The van der Waals surface area contributed by atoms with Crippen LogP contribution in [0.4, 0.5) is 4.39 Å². The van der Waals surface area contributed by atoms with Crippen molar-refractivity contribution in [3.8, 4) is 11.5 Å². The summed E-state index contributed by atoms with van der Waals surface area (Å²) >= 11 is 0. The summed E-state index contributed by atoms with van der Waals surface area (Å²) in [5.41, 5.74) is 1.42. The summed E-state index contributed by atoms with van der Waals surface area (Å²) in [5, 5.41) is 11.1. The van der Waals surface area contributed by atoms with Gasteiger partial charge in [0.1, 0.15) is 11.6 Å². The molecule has 35 heavy (non-hydrogen) atoms. The van der Waals surface area contributed by atoms with E-state index >= 15 is 0 Å². The van der Waals surface area contributed by atoms with Crippen LogP contribution in [-0.4, -0.2) is 39.9 Å². The van der Waals surface area contributed by atoms with Gasteiger partial charge >= 0.3 is 0 Å². The summed E-state index contributed by atoms with van der Waals surface area (Å²) in [6.45, 7) is 4.61. The number of rotatable bonds is 8. The Kier molecular flexibility index (Phi) is 7.10. The van der Waals surface area contributed by atoms with Gasteiger partial charge in [0.25, 0.3) is 11.7 Å². The maximum atomic E-state index is 13.5. The van der Waals surface area contributed by atoms with Gasteiger partial charge in [-0.25, -0.2) is 4.39 Å². The van der Waals surface area contributed by atoms with Crippen LogP contribution in [0.5, 0.6) is 11.5 Å². The van der Waals surface area contributed by atoms with E-state index in [1.54, 1.807) is 42.7 Å². The minimum atomic E-state index is -0.907. The molecular formula is C27H25FN2O5. The molecule has 0 spiro atoms. The number of benzene rings is 2. The second-order valence-electron chi connectivity index (χ2n) is 7.87. The average Bonchev–Trinajstić information content (AvgIpc) is 3.11. The predicted molar refractivity (Wildman–Crippen MR) is 127 cm³/mol. The van der Waals surface area contributed by atoms with Crippen LogP contribution < -0.4 is 9.47 Å². The molecule has 1 aliphatic heterocycles. The first kappa shape index (κ1) is 23.9. The van der Waals surface area contributed by atoms with Crippen LogP contribution in [0.25, 0.3) is 5.76 Å². The van der Waals surface area contributed by atoms with Crippen LogP contribution in [0, 0.1) is 5.82 Å². The Morgan fingerprint density at radius 3 is 2.40 bits per heavy atom. The molecule has 0 saturated carbocycles. The molecule has 2 heterocycles. The lowest BCUT2D eigenvalue weighted by molar-refractivity contribution is -0.140. The smallest absolute Gasteiger partial charge is 0.295 e. The molecule has 0 bridgehead atoms. The first-order chi connectivity index (χ1) is 16.9. The van der Waals surface area contributed by atoms with Gasteiger partial charge in [-0.2, -0.15) is 0 Å². The predicted octanol–water partition coefficient (Wildman–Crippen LogP) is 4.64. The van der Waals surface area contributed by atoms with Gasteiger partial charge < -0.3 is 19.5 Å². The highest BCUT2D eigenvalue weighted by Gasteiger charge is 2.46. The quantitative estimate of drug-likeness (QED) is 0.290. The van der Waals surface area contributed by atoms with Gasteiger partial charge in [-0.3, -0.25) is 14.6 Å². The highest BCUT2D eigenvalue weighted by atomic mass is 19.1. The lowest BCUT2D eigenvalue weighted by Gasteiger charge is -2.26. The van der Waals surface area contributed by atoms with E-state index in [4.69, 9.17) is 9.47 Å². The van der Waals surface area contributed by atoms with Crippen molar-refractivity contribution in [2.24, 2.45) is 0 Å². The Morgan fingerprint density at radius 1 is 1.03 bits per heavy atom. The third kappa shape index (κ3) is 4.87. The van der Waals surface area contributed by atoms with Gasteiger partial charge in [-0.15, -0.1) is 0 Å². The molecule has 1 saturated heterocycles. The summed E-state index contributed by atoms with van der Waals surface area (Å²) < 4.78 is 24.9. The molecule has 4 rings (SSSR count). The molecule has 0 aliphatic carbocycles. The summed E-state index contributed by atoms with van der Waals surface area (Å²) in [5.74, 6) is -1.46. The number of aromatic nitrogens is 1. The number of nitrogens with zero attached hydrogens (tertiary/aromatic N) is 2. The summed E-state index contributed by atoms with van der Waals surface area (Å²) in [6, 6.07) is 12.9. The number of pyridine rings is 1. The standard InChI is InChI=1S/C27H25FN2O5/c1-3-34-21-12-9-19(14-22(21)35-4-2)24-23(25(31)18-7-10-20(28)11-8-18)26(32)27(33)30(24)16-17-6-5-13-29-15-17/h5-15,24,31H,3-4,16H2,1-2H3/b25-23+. The molecule has 1 fully saturated rings. The number of hydrogen-bond acceptors (Lipinski definition) is 6. The van der Waals surface area contributed by atoms with Crippen LogP contribution in [-0.2, 0) is 16.1 Å². The number of amides is 1. The number of ether oxygens (including phenoxy) is 2. The third-order valence-corrected chi connectivity index (χ3v) is 5.62. The summed E-state index contributed by atoms with van der Waals surface area (Å²) in [6.07, 6.45) is 3.23. The van der Waals surface area contributed by atoms with Crippen molar-refractivity contribution in [2.75, 3.05) is 13.2 Å². The number of carbonyl (C=O) groups is 2. The molecule has 1 aromatic heterocycles. The number of hydrogen-bond donors (Lipinski definition) is 1. The molecular weight excluding hydrogens is 451 g/mol. The fraction of sp³-hybridized carbons (Fsp3) is 0.222. The maximum Gasteiger partial charge on any atom is 0.295 e. The van der Waals surface area contributed by atoms with Crippen LogP contribution >= 0.6 is 0 Å². The molecule has 8 heteroatoms. The Hall–Kier alpha value is -4.20. The van der Waals surface area contributed by atoms with Crippen LogP contribution in [0.1, 0.15) is 36.6 Å². The van der Waals surface area contributed by atoms with Gasteiger partial charge in [0, 0.05) is 24.5 Å². The Labute approximate surface area is 202 Å². The number of carbonyl (C=O) groups excluding carboxylic acids is 2. The monoisotopic (exact) mass is 476 g/mol. The number of Topliss-reactive ketones (excluding diaryl/α,β-unsaturated/α-hetero) is 1. The molecule has 7 nitrogen and oxygen atoms in total. The van der Waals surface area contributed by atoms with E-state index in [-0.39, 0.29) is 23.4 Å². The molecule has 180 valence electrons. The highest BCUT2D eigenvalue weighted by molar-refractivity contribution is 6.46. The molecule has 2 aromatic carbocycles. The maximum absolute atomic E-state index is 13.5. The van der Waals surface area contributed by atoms with Gasteiger partial charge in [0.15, 0.2) is 11.5 Å². The van der Waals surface area contributed by atoms with Crippen molar-refractivity contribution in [3.63, 3.8) is 0 Å². The molecule has 0 radical (unpaired) electrons. The number of aliphatic hydroxyl groups excluding tert-OH is 1. The van der Waals surface area contributed by atoms with Gasteiger partial charge in [0.2, 0.25) is 0 Å². The van der Waals surface area contributed by atoms with Crippen LogP contribution in [0.15, 0.2) is 72.6 Å². The fourth-order valence-electron chi connectivity index (χ4n) is 4.08. The second kappa shape index (κ2) is 10.4. The Morgan fingerprint density at radius 2 is 1.74 bits per heavy atom. The largest absolute Gasteiger partial charge is 0.507 e. The molecule has 1 N–H and O–H groups in total. The van der Waals surface area contributed by atoms with Crippen molar-refractivity contribution in [1.82, 2.24) is 9.88 Å². The Bertz CT molecular complexity index is 1260. The first-order valence-corrected chi connectivity index (χ1v) is 11.3.